The molecular weight excluding hydrogens is 328 g/mol. The van der Waals surface area contributed by atoms with Crippen molar-refractivity contribution in [1.29, 1.82) is 0 Å². The predicted octanol–water partition coefficient (Wildman–Crippen LogP) is 0.685. The molecule has 1 aromatic carbocycles. The Hall–Kier alpha value is -2.63. The number of ether oxygens (including phenoxy) is 3. The summed E-state index contributed by atoms with van der Waals surface area (Å²) in [6.45, 7) is 0.646. The highest BCUT2D eigenvalue weighted by molar-refractivity contribution is 5.90. The van der Waals surface area contributed by atoms with Gasteiger partial charge in [0.2, 0.25) is 0 Å². The lowest BCUT2D eigenvalue weighted by atomic mass is 10.2. The summed E-state index contributed by atoms with van der Waals surface area (Å²) >= 11 is 0. The van der Waals surface area contributed by atoms with Crippen LogP contribution in [0, 0.1) is 20.2 Å². The summed E-state index contributed by atoms with van der Waals surface area (Å²) in [5.74, 6) is -0.854. The highest BCUT2D eigenvalue weighted by Gasteiger charge is 2.26. The number of carbonyl (C=O) groups excluding carboxylic acids is 1. The monoisotopic (exact) mass is 344 g/mol. The van der Waals surface area contributed by atoms with E-state index in [-0.39, 0.29) is 45.2 Å². The quantitative estimate of drug-likeness (QED) is 0.264. The summed E-state index contributed by atoms with van der Waals surface area (Å²) < 4.78 is 14.9. The Morgan fingerprint density at radius 2 is 1.54 bits per heavy atom. The number of esters is 1. The first-order valence-electron chi connectivity index (χ1n) is 6.83. The second-order valence-electron chi connectivity index (χ2n) is 4.30. The van der Waals surface area contributed by atoms with Gasteiger partial charge in [-0.2, -0.15) is 0 Å². The van der Waals surface area contributed by atoms with Gasteiger partial charge in [-0.15, -0.1) is 0 Å². The topological polar surface area (TPSA) is 151 Å². The molecule has 24 heavy (non-hydrogen) atoms. The summed E-state index contributed by atoms with van der Waals surface area (Å²) in [5, 5.41) is 30.0. The molecule has 0 spiro atoms. The van der Waals surface area contributed by atoms with Crippen molar-refractivity contribution in [2.24, 2.45) is 0 Å². The normalized spacial score (nSPS) is 10.4. The van der Waals surface area contributed by atoms with Crippen LogP contribution >= 0.6 is 0 Å². The molecule has 0 radical (unpaired) electrons. The molecule has 1 N–H and O–H groups in total. The van der Waals surface area contributed by atoms with Crippen molar-refractivity contribution in [2.75, 3.05) is 39.6 Å². The first kappa shape index (κ1) is 19.4. The third-order valence-electron chi connectivity index (χ3n) is 2.67. The number of benzene rings is 1. The van der Waals surface area contributed by atoms with Gasteiger partial charge < -0.3 is 19.3 Å². The van der Waals surface area contributed by atoms with Crippen LogP contribution in [0.1, 0.15) is 10.4 Å². The zero-order valence-electron chi connectivity index (χ0n) is 12.6. The Morgan fingerprint density at radius 3 is 2.12 bits per heavy atom. The van der Waals surface area contributed by atoms with Crippen LogP contribution in [-0.4, -0.2) is 60.6 Å². The van der Waals surface area contributed by atoms with Gasteiger partial charge in [-0.05, 0) is 6.07 Å². The van der Waals surface area contributed by atoms with Gasteiger partial charge in [-0.25, -0.2) is 4.79 Å². The summed E-state index contributed by atoms with van der Waals surface area (Å²) in [6.07, 6.45) is 0. The molecule has 0 aliphatic rings. The average Bonchev–Trinajstić information content (AvgIpc) is 2.56. The minimum atomic E-state index is -0.940. The lowest BCUT2D eigenvalue weighted by Gasteiger charge is -2.06. The zero-order valence-corrected chi connectivity index (χ0v) is 12.6. The second-order valence-corrected chi connectivity index (χ2v) is 4.30. The zero-order chi connectivity index (χ0) is 17.9. The van der Waals surface area contributed by atoms with Crippen molar-refractivity contribution in [1.82, 2.24) is 0 Å². The van der Waals surface area contributed by atoms with Crippen LogP contribution < -0.4 is 0 Å². The van der Waals surface area contributed by atoms with Gasteiger partial charge in [0.25, 0.3) is 0 Å². The van der Waals surface area contributed by atoms with Crippen LogP contribution in [0.5, 0.6) is 0 Å². The molecule has 132 valence electrons. The summed E-state index contributed by atoms with van der Waals surface area (Å²) in [7, 11) is 0. The number of hydrogen-bond acceptors (Lipinski definition) is 9. The number of hydrogen-bond donors (Lipinski definition) is 1. The summed E-state index contributed by atoms with van der Waals surface area (Å²) in [5.41, 5.74) is -1.66. The van der Waals surface area contributed by atoms with E-state index in [0.29, 0.717) is 0 Å². The molecule has 0 amide bonds. The fourth-order valence-electron chi connectivity index (χ4n) is 1.61. The van der Waals surface area contributed by atoms with Gasteiger partial charge in [-0.1, -0.05) is 0 Å². The Morgan fingerprint density at radius 1 is 0.958 bits per heavy atom. The van der Waals surface area contributed by atoms with E-state index in [2.05, 4.69) is 0 Å². The molecule has 11 nitrogen and oxygen atoms in total. The van der Waals surface area contributed by atoms with Crippen molar-refractivity contribution in [3.8, 4) is 0 Å². The number of carbonyl (C=O) groups is 1. The Kier molecular flexibility index (Phi) is 8.25. The van der Waals surface area contributed by atoms with E-state index < -0.39 is 27.2 Å². The number of nitrogens with zero attached hydrogens (tertiary/aromatic N) is 2. The molecule has 1 aromatic rings. The largest absolute Gasteiger partial charge is 0.460 e. The van der Waals surface area contributed by atoms with Gasteiger partial charge in [0, 0.05) is 12.1 Å². The van der Waals surface area contributed by atoms with Crippen LogP contribution in [-0.2, 0) is 14.2 Å². The van der Waals surface area contributed by atoms with Crippen LogP contribution in [0.2, 0.25) is 0 Å². The SMILES string of the molecule is O=C(OCCOCCOCCO)c1ccc([N+](=O)[O-])c([N+](=O)[O-])c1. The Labute approximate surface area is 136 Å². The molecule has 0 atom stereocenters. The van der Waals surface area contributed by atoms with E-state index in [1.807, 2.05) is 0 Å². The predicted molar refractivity (Wildman–Crippen MR) is 78.8 cm³/mol. The lowest BCUT2D eigenvalue weighted by molar-refractivity contribution is -0.422. The van der Waals surface area contributed by atoms with E-state index in [1.54, 1.807) is 0 Å². The number of aliphatic hydroxyl groups excluding tert-OH is 1. The maximum Gasteiger partial charge on any atom is 0.346 e. The molecule has 1 rings (SSSR count). The van der Waals surface area contributed by atoms with Crippen molar-refractivity contribution < 1.29 is 34.0 Å². The van der Waals surface area contributed by atoms with Gasteiger partial charge in [0.15, 0.2) is 0 Å². The third kappa shape index (κ3) is 6.24. The maximum atomic E-state index is 11.8. The van der Waals surface area contributed by atoms with Crippen molar-refractivity contribution in [2.45, 2.75) is 0 Å². The first-order chi connectivity index (χ1) is 11.5. The third-order valence-corrected chi connectivity index (χ3v) is 2.67. The maximum absolute atomic E-state index is 11.8. The standard InChI is InChI=1S/C13H16N2O9/c16-3-4-22-5-6-23-7-8-24-13(17)10-1-2-11(14(18)19)12(9-10)15(20)21/h1-2,9,16H,3-8H2. The fourth-order valence-corrected chi connectivity index (χ4v) is 1.61. The average molecular weight is 344 g/mol. The lowest BCUT2D eigenvalue weighted by Crippen LogP contribution is -2.14. The smallest absolute Gasteiger partial charge is 0.346 e. The first-order valence-corrected chi connectivity index (χ1v) is 6.83. The van der Waals surface area contributed by atoms with Gasteiger partial charge in [0.05, 0.1) is 48.4 Å². The molecule has 0 bridgehead atoms. The van der Waals surface area contributed by atoms with Gasteiger partial charge in [-0.3, -0.25) is 20.2 Å². The van der Waals surface area contributed by atoms with E-state index >= 15 is 0 Å². The molecule has 0 saturated carbocycles. The molecule has 0 heterocycles. The molecule has 0 aliphatic carbocycles. The molecule has 0 aromatic heterocycles. The summed E-state index contributed by atoms with van der Waals surface area (Å²) in [6, 6.07) is 2.75. The molecular formula is C13H16N2O9. The van der Waals surface area contributed by atoms with Crippen LogP contribution in [0.25, 0.3) is 0 Å². The molecule has 0 aliphatic heterocycles. The number of aliphatic hydroxyl groups is 1. The molecule has 0 fully saturated rings. The van der Waals surface area contributed by atoms with Gasteiger partial charge in [0.1, 0.15) is 6.61 Å². The minimum absolute atomic E-state index is 0.0843. The van der Waals surface area contributed by atoms with Crippen LogP contribution in [0.4, 0.5) is 11.4 Å². The Balaban J connectivity index is 2.46. The molecule has 0 saturated heterocycles. The fraction of sp³-hybridized carbons (Fsp3) is 0.462. The van der Waals surface area contributed by atoms with E-state index in [0.717, 1.165) is 18.2 Å². The van der Waals surface area contributed by atoms with Gasteiger partial charge >= 0.3 is 17.3 Å². The highest BCUT2D eigenvalue weighted by atomic mass is 16.6. The van der Waals surface area contributed by atoms with E-state index in [1.165, 1.54) is 0 Å². The summed E-state index contributed by atoms with van der Waals surface area (Å²) in [4.78, 5) is 31.4. The van der Waals surface area contributed by atoms with Crippen LogP contribution in [0.15, 0.2) is 18.2 Å². The molecule has 11 heteroatoms. The second kappa shape index (κ2) is 10.2. The van der Waals surface area contributed by atoms with Crippen LogP contribution in [0.3, 0.4) is 0 Å². The highest BCUT2D eigenvalue weighted by Crippen LogP contribution is 2.27. The molecule has 0 unspecified atom stereocenters. The van der Waals surface area contributed by atoms with E-state index in [4.69, 9.17) is 19.3 Å². The number of nitro benzene ring substituents is 2. The number of nitro groups is 2. The number of rotatable bonds is 11. The Bertz CT molecular complexity index is 591. The van der Waals surface area contributed by atoms with E-state index in [9.17, 15) is 25.0 Å². The van der Waals surface area contributed by atoms with Crippen molar-refractivity contribution in [3.63, 3.8) is 0 Å². The van der Waals surface area contributed by atoms with Crippen molar-refractivity contribution in [3.05, 3.63) is 44.0 Å². The minimum Gasteiger partial charge on any atom is -0.460 e. The van der Waals surface area contributed by atoms with Crippen molar-refractivity contribution >= 4 is 17.3 Å².